The fourth-order valence-electron chi connectivity index (χ4n) is 1.76. The summed E-state index contributed by atoms with van der Waals surface area (Å²) in [4.78, 5) is 0. The van der Waals surface area contributed by atoms with E-state index in [9.17, 15) is 10.1 Å². The van der Waals surface area contributed by atoms with Crippen LogP contribution in [0.5, 0.6) is 5.75 Å². The molecule has 0 atom stereocenters. The number of hydrogen-bond donors (Lipinski definition) is 2. The van der Waals surface area contributed by atoms with E-state index in [1.54, 1.807) is 12.1 Å². The van der Waals surface area contributed by atoms with Gasteiger partial charge in [0.15, 0.2) is 0 Å². The van der Waals surface area contributed by atoms with Gasteiger partial charge < -0.3 is 14.8 Å². The van der Waals surface area contributed by atoms with Gasteiger partial charge in [0.1, 0.15) is 5.75 Å². The van der Waals surface area contributed by atoms with Crippen LogP contribution in [0.2, 0.25) is 0 Å². The summed E-state index contributed by atoms with van der Waals surface area (Å²) in [6, 6.07) is 3.44. The minimum atomic E-state index is -0.864. The zero-order valence-corrected chi connectivity index (χ0v) is 7.45. The topological polar surface area (TPSA) is 49.7 Å². The average Bonchev–Trinajstić information content (AvgIpc) is 2.49. The van der Waals surface area contributed by atoms with Gasteiger partial charge in [-0.25, -0.2) is 0 Å². The van der Waals surface area contributed by atoms with Crippen LogP contribution in [0, 0.1) is 0 Å². The second-order valence-corrected chi connectivity index (χ2v) is 3.15. The van der Waals surface area contributed by atoms with Crippen molar-refractivity contribution in [3.63, 3.8) is 0 Å². The maximum absolute atomic E-state index is 9.53. The molecule has 68 valence electrons. The molecule has 1 aliphatic rings. The minimum Gasteiger partial charge on any atom is -0.508 e. The summed E-state index contributed by atoms with van der Waals surface area (Å²) < 4.78 is 5.07. The maximum atomic E-state index is 9.53. The molecule has 0 saturated carbocycles. The molecule has 2 N–H and O–H groups in total. The van der Waals surface area contributed by atoms with Gasteiger partial charge in [-0.15, -0.1) is 0 Å². The summed E-state index contributed by atoms with van der Waals surface area (Å²) in [6.07, 6.45) is 0.704. The van der Waals surface area contributed by atoms with Gasteiger partial charge in [0.05, 0.1) is 6.61 Å². The van der Waals surface area contributed by atoms with Crippen molar-refractivity contribution in [3.05, 3.63) is 23.3 Å². The van der Waals surface area contributed by atoms with E-state index in [1.165, 1.54) is 0 Å². The number of phenols is 1. The Bertz CT molecular complexity index is 338. The van der Waals surface area contributed by atoms with E-state index in [1.807, 2.05) is 6.92 Å². The Hall–Kier alpha value is -0.995. The molecule has 1 aromatic rings. The average molecular weight is 178 g/mol. The predicted octanol–water partition coefficient (Wildman–Crippen LogP) is 0.172. The Labute approximate surface area is 77.1 Å². The van der Waals surface area contributed by atoms with Crippen molar-refractivity contribution in [1.82, 2.24) is 0 Å². The molecule has 0 bridgehead atoms. The van der Waals surface area contributed by atoms with Crippen LogP contribution in [0.3, 0.4) is 0 Å². The monoisotopic (exact) mass is 178 g/mol. The fourth-order valence-corrected chi connectivity index (χ4v) is 1.76. The summed E-state index contributed by atoms with van der Waals surface area (Å²) in [7, 11) is -0.864. The van der Waals surface area contributed by atoms with Crippen LogP contribution < -0.4 is 5.46 Å². The lowest BCUT2D eigenvalue weighted by Gasteiger charge is -2.07. The van der Waals surface area contributed by atoms with E-state index in [0.29, 0.717) is 13.0 Å². The SMILES string of the molecule is CCc1c(O)ccc2c1B(O)OC2. The van der Waals surface area contributed by atoms with Crippen molar-refractivity contribution in [3.8, 4) is 5.75 Å². The van der Waals surface area contributed by atoms with E-state index in [-0.39, 0.29) is 5.75 Å². The van der Waals surface area contributed by atoms with Gasteiger partial charge in [-0.1, -0.05) is 13.0 Å². The molecule has 0 unspecified atom stereocenters. The van der Waals surface area contributed by atoms with Crippen molar-refractivity contribution in [1.29, 1.82) is 0 Å². The lowest BCUT2D eigenvalue weighted by atomic mass is 9.75. The van der Waals surface area contributed by atoms with Crippen molar-refractivity contribution in [2.45, 2.75) is 20.0 Å². The molecule has 1 aliphatic heterocycles. The van der Waals surface area contributed by atoms with Crippen LogP contribution in [0.15, 0.2) is 12.1 Å². The number of aromatic hydroxyl groups is 1. The van der Waals surface area contributed by atoms with E-state index in [2.05, 4.69) is 0 Å². The molecular formula is C9H11BO3. The minimum absolute atomic E-state index is 0.241. The molecule has 0 radical (unpaired) electrons. The third-order valence-corrected chi connectivity index (χ3v) is 2.42. The van der Waals surface area contributed by atoms with Gasteiger partial charge in [0.2, 0.25) is 0 Å². The quantitative estimate of drug-likeness (QED) is 0.602. The predicted molar refractivity (Wildman–Crippen MR) is 49.9 cm³/mol. The van der Waals surface area contributed by atoms with Crippen LogP contribution in [0.1, 0.15) is 18.1 Å². The zero-order valence-electron chi connectivity index (χ0n) is 7.45. The summed E-state index contributed by atoms with van der Waals surface area (Å²) in [5, 5.41) is 19.0. The highest BCUT2D eigenvalue weighted by atomic mass is 16.5. The van der Waals surface area contributed by atoms with Crippen LogP contribution >= 0.6 is 0 Å². The first-order valence-corrected chi connectivity index (χ1v) is 4.37. The number of phenolic OH excluding ortho intramolecular Hbond substituents is 1. The lowest BCUT2D eigenvalue weighted by Crippen LogP contribution is -2.31. The highest BCUT2D eigenvalue weighted by molar-refractivity contribution is 6.62. The van der Waals surface area contributed by atoms with Crippen molar-refractivity contribution >= 4 is 12.6 Å². The summed E-state index contributed by atoms with van der Waals surface area (Å²) in [5.74, 6) is 0.241. The second-order valence-electron chi connectivity index (χ2n) is 3.15. The molecule has 0 amide bonds. The van der Waals surface area contributed by atoms with Gasteiger partial charge in [-0.2, -0.15) is 0 Å². The van der Waals surface area contributed by atoms with Crippen LogP contribution in [-0.2, 0) is 17.7 Å². The molecule has 1 heterocycles. The molecule has 4 heteroatoms. The molecule has 1 aromatic carbocycles. The van der Waals surface area contributed by atoms with E-state index >= 15 is 0 Å². The summed E-state index contributed by atoms with van der Waals surface area (Å²) in [6.45, 7) is 2.38. The third kappa shape index (κ3) is 1.22. The van der Waals surface area contributed by atoms with Crippen LogP contribution in [0.25, 0.3) is 0 Å². The molecule has 0 saturated heterocycles. The number of benzene rings is 1. The molecule has 0 spiro atoms. The first-order chi connectivity index (χ1) is 6.24. The first-order valence-electron chi connectivity index (χ1n) is 4.37. The Balaban J connectivity index is 2.60. The Kier molecular flexibility index (Phi) is 2.02. The van der Waals surface area contributed by atoms with Crippen molar-refractivity contribution in [2.24, 2.45) is 0 Å². The molecule has 2 rings (SSSR count). The summed E-state index contributed by atoms with van der Waals surface area (Å²) >= 11 is 0. The highest BCUT2D eigenvalue weighted by Gasteiger charge is 2.30. The number of fused-ring (bicyclic) bond motifs is 1. The lowest BCUT2D eigenvalue weighted by molar-refractivity contribution is 0.275. The molecule has 3 nitrogen and oxygen atoms in total. The van der Waals surface area contributed by atoms with Gasteiger partial charge in [-0.05, 0) is 29.1 Å². The van der Waals surface area contributed by atoms with Gasteiger partial charge in [0.25, 0.3) is 0 Å². The van der Waals surface area contributed by atoms with Crippen molar-refractivity contribution in [2.75, 3.05) is 0 Å². The number of rotatable bonds is 1. The van der Waals surface area contributed by atoms with Gasteiger partial charge in [0, 0.05) is 0 Å². The molecular weight excluding hydrogens is 167 g/mol. The van der Waals surface area contributed by atoms with Gasteiger partial charge >= 0.3 is 7.12 Å². The first kappa shape index (κ1) is 8.60. The Morgan fingerprint density at radius 3 is 3.00 bits per heavy atom. The van der Waals surface area contributed by atoms with Crippen molar-refractivity contribution < 1.29 is 14.8 Å². The molecule has 0 fully saturated rings. The van der Waals surface area contributed by atoms with E-state index < -0.39 is 7.12 Å². The van der Waals surface area contributed by atoms with Gasteiger partial charge in [-0.3, -0.25) is 0 Å². The molecule has 13 heavy (non-hydrogen) atoms. The fraction of sp³-hybridized carbons (Fsp3) is 0.333. The highest BCUT2D eigenvalue weighted by Crippen LogP contribution is 2.21. The molecule has 0 aromatic heterocycles. The Morgan fingerprint density at radius 2 is 2.31 bits per heavy atom. The van der Waals surface area contributed by atoms with Crippen LogP contribution in [0.4, 0.5) is 0 Å². The number of hydrogen-bond acceptors (Lipinski definition) is 3. The van der Waals surface area contributed by atoms with E-state index in [4.69, 9.17) is 4.65 Å². The smallest absolute Gasteiger partial charge is 0.492 e. The third-order valence-electron chi connectivity index (χ3n) is 2.42. The Morgan fingerprint density at radius 1 is 1.54 bits per heavy atom. The standard InChI is InChI=1S/C9H11BO3/c1-2-7-8(11)4-3-6-5-13-10(12)9(6)7/h3-4,11-12H,2,5H2,1H3. The molecule has 0 aliphatic carbocycles. The second kappa shape index (κ2) is 3.05. The van der Waals surface area contributed by atoms with E-state index in [0.717, 1.165) is 16.6 Å². The largest absolute Gasteiger partial charge is 0.508 e. The zero-order chi connectivity index (χ0) is 9.42. The normalized spacial score (nSPS) is 14.8. The summed E-state index contributed by atoms with van der Waals surface area (Å²) in [5.41, 5.74) is 2.52. The maximum Gasteiger partial charge on any atom is 0.492 e. The van der Waals surface area contributed by atoms with Crippen LogP contribution in [-0.4, -0.2) is 17.2 Å².